The lowest BCUT2D eigenvalue weighted by atomic mass is 10.1. The second-order valence-corrected chi connectivity index (χ2v) is 7.64. The third-order valence-corrected chi connectivity index (χ3v) is 5.68. The van der Waals surface area contributed by atoms with Crippen molar-refractivity contribution in [2.45, 2.75) is 42.4 Å². The van der Waals surface area contributed by atoms with Gasteiger partial charge in [-0.05, 0) is 57.3 Å². The number of nitrogens with zero attached hydrogens (tertiary/aromatic N) is 2. The second-order valence-electron chi connectivity index (χ2n) is 5.94. The van der Waals surface area contributed by atoms with Crippen molar-refractivity contribution in [2.75, 3.05) is 26.2 Å². The molecule has 2 fully saturated rings. The van der Waals surface area contributed by atoms with Gasteiger partial charge in [0.05, 0.1) is 5.03 Å². The van der Waals surface area contributed by atoms with Crippen molar-refractivity contribution in [3.05, 3.63) is 22.8 Å². The minimum atomic E-state index is 0.0937. The van der Waals surface area contributed by atoms with Crippen LogP contribution in [0.5, 0.6) is 0 Å². The van der Waals surface area contributed by atoms with Gasteiger partial charge in [-0.15, -0.1) is 11.8 Å². The summed E-state index contributed by atoms with van der Waals surface area (Å²) in [6.45, 7) is 3.82. The van der Waals surface area contributed by atoms with Gasteiger partial charge in [-0.25, -0.2) is 4.98 Å². The third kappa shape index (κ3) is 4.15. The third-order valence-electron chi connectivity index (χ3n) is 4.23. The molecule has 0 spiro atoms. The topological polar surface area (TPSA) is 45.2 Å². The minimum Gasteiger partial charge on any atom is -0.339 e. The van der Waals surface area contributed by atoms with E-state index in [0.717, 1.165) is 56.9 Å². The summed E-state index contributed by atoms with van der Waals surface area (Å²) < 4.78 is 0. The Morgan fingerprint density at radius 2 is 1.95 bits per heavy atom. The molecule has 1 amide bonds. The number of thioether (sulfide) groups is 1. The van der Waals surface area contributed by atoms with Crippen molar-refractivity contribution in [3.8, 4) is 0 Å². The van der Waals surface area contributed by atoms with Crippen molar-refractivity contribution in [3.63, 3.8) is 0 Å². The van der Waals surface area contributed by atoms with Gasteiger partial charge in [-0.3, -0.25) is 4.79 Å². The van der Waals surface area contributed by atoms with E-state index in [1.54, 1.807) is 17.8 Å². The van der Waals surface area contributed by atoms with Crippen LogP contribution in [-0.4, -0.2) is 47.2 Å². The van der Waals surface area contributed by atoms with E-state index in [0.29, 0.717) is 16.0 Å². The van der Waals surface area contributed by atoms with Crippen LogP contribution >= 0.6 is 23.4 Å². The number of aromatic nitrogens is 1. The van der Waals surface area contributed by atoms with E-state index in [9.17, 15) is 4.79 Å². The van der Waals surface area contributed by atoms with Crippen molar-refractivity contribution in [1.29, 1.82) is 0 Å². The van der Waals surface area contributed by atoms with Crippen molar-refractivity contribution >= 4 is 29.3 Å². The standard InChI is InChI=1S/C16H22ClN3OS/c17-14-10-12(16(21)20-8-2-1-3-9-20)11-15(19-14)22-13-4-6-18-7-5-13/h10-11,13,18H,1-9H2. The highest BCUT2D eigenvalue weighted by Crippen LogP contribution is 2.29. The average Bonchev–Trinajstić information content (AvgIpc) is 2.55. The number of pyridine rings is 1. The molecule has 4 nitrogen and oxygen atoms in total. The monoisotopic (exact) mass is 339 g/mol. The molecule has 2 saturated heterocycles. The predicted molar refractivity (Wildman–Crippen MR) is 90.8 cm³/mol. The van der Waals surface area contributed by atoms with E-state index in [-0.39, 0.29) is 5.91 Å². The molecule has 120 valence electrons. The maximum atomic E-state index is 12.6. The molecule has 6 heteroatoms. The Kier molecular flexibility index (Phi) is 5.61. The largest absolute Gasteiger partial charge is 0.339 e. The Morgan fingerprint density at radius 3 is 2.68 bits per heavy atom. The molecule has 2 aliphatic rings. The molecule has 0 atom stereocenters. The smallest absolute Gasteiger partial charge is 0.254 e. The lowest BCUT2D eigenvalue weighted by Gasteiger charge is -2.27. The second kappa shape index (κ2) is 7.66. The summed E-state index contributed by atoms with van der Waals surface area (Å²) in [5.74, 6) is 0.0937. The number of likely N-dealkylation sites (tertiary alicyclic amines) is 1. The Hall–Kier alpha value is -0.780. The van der Waals surface area contributed by atoms with E-state index in [2.05, 4.69) is 10.3 Å². The van der Waals surface area contributed by atoms with Gasteiger partial charge in [0.2, 0.25) is 0 Å². The highest BCUT2D eigenvalue weighted by molar-refractivity contribution is 7.99. The fraction of sp³-hybridized carbons (Fsp3) is 0.625. The SMILES string of the molecule is O=C(c1cc(Cl)nc(SC2CCNCC2)c1)N1CCCCC1. The first-order chi connectivity index (χ1) is 10.7. The molecule has 22 heavy (non-hydrogen) atoms. The van der Waals surface area contributed by atoms with Gasteiger partial charge >= 0.3 is 0 Å². The van der Waals surface area contributed by atoms with Crippen LogP contribution in [-0.2, 0) is 0 Å². The summed E-state index contributed by atoms with van der Waals surface area (Å²) in [5.41, 5.74) is 0.679. The summed E-state index contributed by atoms with van der Waals surface area (Å²) in [4.78, 5) is 18.9. The number of hydrogen-bond acceptors (Lipinski definition) is 4. The molecule has 0 aliphatic carbocycles. The van der Waals surface area contributed by atoms with Gasteiger partial charge in [0.15, 0.2) is 0 Å². The maximum Gasteiger partial charge on any atom is 0.254 e. The Morgan fingerprint density at radius 1 is 1.23 bits per heavy atom. The van der Waals surface area contributed by atoms with Crippen LogP contribution in [0.1, 0.15) is 42.5 Å². The molecule has 0 aromatic carbocycles. The van der Waals surface area contributed by atoms with Crippen LogP contribution in [0.15, 0.2) is 17.2 Å². The molecule has 0 radical (unpaired) electrons. The summed E-state index contributed by atoms with van der Waals surface area (Å²) in [6.07, 6.45) is 5.68. The quantitative estimate of drug-likeness (QED) is 0.859. The number of hydrogen-bond donors (Lipinski definition) is 1. The molecule has 1 aromatic rings. The van der Waals surface area contributed by atoms with Gasteiger partial charge in [0.25, 0.3) is 5.91 Å². The van der Waals surface area contributed by atoms with Gasteiger partial charge in [-0.1, -0.05) is 11.6 Å². The Labute approximate surface area is 141 Å². The number of nitrogens with one attached hydrogen (secondary N) is 1. The first-order valence-electron chi connectivity index (χ1n) is 8.06. The Balaban J connectivity index is 1.72. The number of piperidine rings is 2. The summed E-state index contributed by atoms with van der Waals surface area (Å²) >= 11 is 7.89. The predicted octanol–water partition coefficient (Wildman–Crippen LogP) is 3.21. The zero-order valence-electron chi connectivity index (χ0n) is 12.7. The number of amides is 1. The molecular formula is C16H22ClN3OS. The first-order valence-corrected chi connectivity index (χ1v) is 9.32. The van der Waals surface area contributed by atoms with Crippen LogP contribution in [0.4, 0.5) is 0 Å². The highest BCUT2D eigenvalue weighted by atomic mass is 35.5. The van der Waals surface area contributed by atoms with Crippen LogP contribution in [0.2, 0.25) is 5.15 Å². The van der Waals surface area contributed by atoms with Gasteiger partial charge in [-0.2, -0.15) is 0 Å². The van der Waals surface area contributed by atoms with E-state index >= 15 is 0 Å². The number of carbonyl (C=O) groups is 1. The maximum absolute atomic E-state index is 12.6. The minimum absolute atomic E-state index is 0.0937. The summed E-state index contributed by atoms with van der Waals surface area (Å²) in [7, 11) is 0. The van der Waals surface area contributed by atoms with E-state index < -0.39 is 0 Å². The van der Waals surface area contributed by atoms with E-state index in [1.165, 1.54) is 6.42 Å². The molecule has 3 heterocycles. The molecule has 0 unspecified atom stereocenters. The van der Waals surface area contributed by atoms with Crippen molar-refractivity contribution in [2.24, 2.45) is 0 Å². The van der Waals surface area contributed by atoms with Crippen LogP contribution < -0.4 is 5.32 Å². The molecule has 0 bridgehead atoms. The number of rotatable bonds is 3. The van der Waals surface area contributed by atoms with Crippen molar-refractivity contribution < 1.29 is 4.79 Å². The van der Waals surface area contributed by atoms with Gasteiger partial charge < -0.3 is 10.2 Å². The summed E-state index contributed by atoms with van der Waals surface area (Å²) in [5, 5.41) is 5.22. The fourth-order valence-corrected chi connectivity index (χ4v) is 4.44. The fourth-order valence-electron chi connectivity index (χ4n) is 3.02. The van der Waals surface area contributed by atoms with Crippen LogP contribution in [0.3, 0.4) is 0 Å². The van der Waals surface area contributed by atoms with Crippen molar-refractivity contribution in [1.82, 2.24) is 15.2 Å². The van der Waals surface area contributed by atoms with E-state index in [4.69, 9.17) is 11.6 Å². The molecule has 0 saturated carbocycles. The molecule has 1 aromatic heterocycles. The summed E-state index contributed by atoms with van der Waals surface area (Å²) in [6, 6.07) is 3.61. The lowest BCUT2D eigenvalue weighted by molar-refractivity contribution is 0.0724. The number of halogens is 1. The molecule has 1 N–H and O–H groups in total. The molecule has 3 rings (SSSR count). The zero-order chi connectivity index (χ0) is 15.4. The molecular weight excluding hydrogens is 318 g/mol. The van der Waals surface area contributed by atoms with Crippen LogP contribution in [0, 0.1) is 0 Å². The average molecular weight is 340 g/mol. The zero-order valence-corrected chi connectivity index (χ0v) is 14.3. The number of carbonyl (C=O) groups excluding carboxylic acids is 1. The van der Waals surface area contributed by atoms with E-state index in [1.807, 2.05) is 11.0 Å². The van der Waals surface area contributed by atoms with Gasteiger partial charge in [0.1, 0.15) is 5.15 Å². The Bertz CT molecular complexity index is 528. The first kappa shape index (κ1) is 16.1. The van der Waals surface area contributed by atoms with Gasteiger partial charge in [0, 0.05) is 23.9 Å². The lowest BCUT2D eigenvalue weighted by Crippen LogP contribution is -2.35. The molecule has 2 aliphatic heterocycles. The highest BCUT2D eigenvalue weighted by Gasteiger charge is 2.21. The normalized spacial score (nSPS) is 20.1. The van der Waals surface area contributed by atoms with Crippen LogP contribution in [0.25, 0.3) is 0 Å².